The molecule has 0 aromatic heterocycles. The maximum atomic E-state index is 9.26. The number of nitriles is 1. The number of hydrogen-bond donors (Lipinski definition) is 0. The highest BCUT2D eigenvalue weighted by Crippen LogP contribution is 2.43. The Morgan fingerprint density at radius 1 is 0.818 bits per heavy atom. The first kappa shape index (κ1) is 17.8. The predicted octanol–water partition coefficient (Wildman–Crippen LogP) is 5.11. The minimum Gasteiger partial charge on any atom is -0.403 e. The summed E-state index contributed by atoms with van der Waals surface area (Å²) in [6, 6.07) is 2.49. The molecular formula is C18H32BNO2. The molecule has 0 N–H and O–H groups in total. The van der Waals surface area contributed by atoms with Crippen molar-refractivity contribution in [3.8, 4) is 6.07 Å². The van der Waals surface area contributed by atoms with Gasteiger partial charge in [0.2, 0.25) is 0 Å². The van der Waals surface area contributed by atoms with Crippen molar-refractivity contribution in [3.63, 3.8) is 0 Å². The molecule has 0 bridgehead atoms. The number of nitrogens with zero attached hydrogens (tertiary/aromatic N) is 1. The first-order valence-electron chi connectivity index (χ1n) is 9.11. The predicted molar refractivity (Wildman–Crippen MR) is 90.5 cm³/mol. The van der Waals surface area contributed by atoms with Gasteiger partial charge in [-0.25, -0.2) is 0 Å². The second kappa shape index (κ2) is 7.36. The topological polar surface area (TPSA) is 42.2 Å². The standard InChI is InChI=1S/C18H32BNO2/c1-17(2)18(3,4)22-19(21-17)16-12-8-6-5-7-10-15(14-20)11-9-13-16/h15-16H,5-13H2,1-4H3. The monoisotopic (exact) mass is 305 g/mol. The molecule has 1 aliphatic heterocycles. The molecule has 4 heteroatoms. The first-order chi connectivity index (χ1) is 10.4. The van der Waals surface area contributed by atoms with Crippen LogP contribution in [0.5, 0.6) is 0 Å². The van der Waals surface area contributed by atoms with E-state index in [1.165, 1.54) is 32.1 Å². The summed E-state index contributed by atoms with van der Waals surface area (Å²) in [6.45, 7) is 8.52. The zero-order chi connectivity index (χ0) is 16.2. The Bertz CT molecular complexity index is 386. The van der Waals surface area contributed by atoms with Crippen molar-refractivity contribution in [2.45, 2.75) is 103 Å². The summed E-state index contributed by atoms with van der Waals surface area (Å²) in [4.78, 5) is 0. The van der Waals surface area contributed by atoms with E-state index in [0.29, 0.717) is 5.82 Å². The van der Waals surface area contributed by atoms with E-state index in [1.807, 2.05) is 0 Å². The summed E-state index contributed by atoms with van der Waals surface area (Å²) in [5.74, 6) is 0.718. The van der Waals surface area contributed by atoms with E-state index in [9.17, 15) is 5.26 Å². The molecule has 3 nitrogen and oxygen atoms in total. The maximum Gasteiger partial charge on any atom is 0.461 e. The van der Waals surface area contributed by atoms with Crippen LogP contribution in [0.15, 0.2) is 0 Å². The van der Waals surface area contributed by atoms with E-state index in [1.54, 1.807) is 0 Å². The second-order valence-corrected chi connectivity index (χ2v) is 8.13. The molecular weight excluding hydrogens is 273 g/mol. The Labute approximate surface area is 136 Å². The Hall–Kier alpha value is -0.525. The van der Waals surface area contributed by atoms with Crippen LogP contribution in [-0.4, -0.2) is 18.3 Å². The van der Waals surface area contributed by atoms with Crippen LogP contribution in [0.1, 0.15) is 85.5 Å². The fraction of sp³-hybridized carbons (Fsp3) is 0.944. The van der Waals surface area contributed by atoms with Crippen molar-refractivity contribution < 1.29 is 9.31 Å². The number of rotatable bonds is 1. The molecule has 22 heavy (non-hydrogen) atoms. The van der Waals surface area contributed by atoms with Crippen LogP contribution in [0.2, 0.25) is 5.82 Å². The Balaban J connectivity index is 1.98. The highest BCUT2D eigenvalue weighted by atomic mass is 16.7. The summed E-state index contributed by atoms with van der Waals surface area (Å²) < 4.78 is 12.5. The van der Waals surface area contributed by atoms with Gasteiger partial charge < -0.3 is 9.31 Å². The molecule has 1 heterocycles. The van der Waals surface area contributed by atoms with E-state index in [2.05, 4.69) is 33.8 Å². The summed E-state index contributed by atoms with van der Waals surface area (Å²) in [6.07, 6.45) is 10.5. The van der Waals surface area contributed by atoms with Gasteiger partial charge in [-0.2, -0.15) is 5.26 Å². The molecule has 2 aliphatic rings. The lowest BCUT2D eigenvalue weighted by molar-refractivity contribution is 0.00578. The van der Waals surface area contributed by atoms with Gasteiger partial charge in [0, 0.05) is 5.92 Å². The highest BCUT2D eigenvalue weighted by molar-refractivity contribution is 6.47. The smallest absolute Gasteiger partial charge is 0.403 e. The van der Waals surface area contributed by atoms with E-state index >= 15 is 0 Å². The van der Waals surface area contributed by atoms with Crippen LogP contribution in [0.3, 0.4) is 0 Å². The molecule has 2 unspecified atom stereocenters. The van der Waals surface area contributed by atoms with Gasteiger partial charge >= 0.3 is 7.12 Å². The zero-order valence-corrected chi connectivity index (χ0v) is 14.9. The Kier molecular flexibility index (Phi) is 5.97. The summed E-state index contributed by atoms with van der Waals surface area (Å²) >= 11 is 0. The van der Waals surface area contributed by atoms with E-state index in [0.717, 1.165) is 25.7 Å². The lowest BCUT2D eigenvalue weighted by Gasteiger charge is -2.32. The summed E-state index contributed by atoms with van der Waals surface area (Å²) in [5.41, 5.74) is -0.474. The SMILES string of the molecule is CC1(C)OB(C2CCCCCCC(C#N)CCC2)OC1(C)C. The van der Waals surface area contributed by atoms with Gasteiger partial charge in [-0.15, -0.1) is 0 Å². The fourth-order valence-corrected chi connectivity index (χ4v) is 3.55. The van der Waals surface area contributed by atoms with E-state index in [-0.39, 0.29) is 24.2 Å². The molecule has 2 atom stereocenters. The van der Waals surface area contributed by atoms with Gasteiger partial charge in [0.05, 0.1) is 17.3 Å². The van der Waals surface area contributed by atoms with Gasteiger partial charge in [0.25, 0.3) is 0 Å². The summed E-state index contributed by atoms with van der Waals surface area (Å²) in [5, 5.41) is 9.26. The minimum atomic E-state index is -0.237. The second-order valence-electron chi connectivity index (χ2n) is 8.13. The molecule has 0 spiro atoms. The molecule has 0 aromatic carbocycles. The van der Waals surface area contributed by atoms with Gasteiger partial charge in [-0.3, -0.25) is 0 Å². The lowest BCUT2D eigenvalue weighted by atomic mass is 9.66. The fourth-order valence-electron chi connectivity index (χ4n) is 3.55. The average molecular weight is 305 g/mol. The van der Waals surface area contributed by atoms with Gasteiger partial charge in [-0.1, -0.05) is 44.9 Å². The van der Waals surface area contributed by atoms with Crippen molar-refractivity contribution in [3.05, 3.63) is 0 Å². The molecule has 0 aromatic rings. The zero-order valence-electron chi connectivity index (χ0n) is 14.9. The normalized spacial score (nSPS) is 33.0. The number of hydrogen-bond acceptors (Lipinski definition) is 3. The van der Waals surface area contributed by atoms with Crippen LogP contribution < -0.4 is 0 Å². The maximum absolute atomic E-state index is 9.26. The van der Waals surface area contributed by atoms with Gasteiger partial charge in [-0.05, 0) is 46.4 Å². The van der Waals surface area contributed by atoms with Gasteiger partial charge in [0.1, 0.15) is 0 Å². The third-order valence-corrected chi connectivity index (χ3v) is 5.84. The van der Waals surface area contributed by atoms with Gasteiger partial charge in [0.15, 0.2) is 0 Å². The van der Waals surface area contributed by atoms with Crippen molar-refractivity contribution in [1.82, 2.24) is 0 Å². The highest BCUT2D eigenvalue weighted by Gasteiger charge is 2.53. The van der Waals surface area contributed by atoms with Crippen molar-refractivity contribution >= 4 is 7.12 Å². The summed E-state index contributed by atoms with van der Waals surface area (Å²) in [7, 11) is -0.0775. The average Bonchev–Trinajstić information content (AvgIpc) is 2.65. The third-order valence-electron chi connectivity index (χ3n) is 5.84. The molecule has 0 amide bonds. The lowest BCUT2D eigenvalue weighted by Crippen LogP contribution is -2.41. The van der Waals surface area contributed by atoms with Crippen LogP contribution in [0, 0.1) is 17.2 Å². The Morgan fingerprint density at radius 3 is 1.91 bits per heavy atom. The van der Waals surface area contributed by atoms with Crippen LogP contribution in [0.25, 0.3) is 0 Å². The van der Waals surface area contributed by atoms with E-state index < -0.39 is 0 Å². The molecule has 1 saturated carbocycles. The first-order valence-corrected chi connectivity index (χ1v) is 9.11. The van der Waals surface area contributed by atoms with Crippen molar-refractivity contribution in [2.75, 3.05) is 0 Å². The van der Waals surface area contributed by atoms with E-state index in [4.69, 9.17) is 9.31 Å². The third kappa shape index (κ3) is 4.27. The molecule has 0 radical (unpaired) electrons. The molecule has 2 rings (SSSR count). The largest absolute Gasteiger partial charge is 0.461 e. The molecule has 2 fully saturated rings. The minimum absolute atomic E-state index is 0.0775. The van der Waals surface area contributed by atoms with Crippen LogP contribution >= 0.6 is 0 Å². The van der Waals surface area contributed by atoms with Crippen molar-refractivity contribution in [1.29, 1.82) is 5.26 Å². The Morgan fingerprint density at radius 2 is 1.32 bits per heavy atom. The van der Waals surface area contributed by atoms with Crippen LogP contribution in [-0.2, 0) is 9.31 Å². The van der Waals surface area contributed by atoms with Crippen molar-refractivity contribution in [2.24, 2.45) is 5.92 Å². The quantitative estimate of drug-likeness (QED) is 0.632. The molecule has 1 saturated heterocycles. The molecule has 1 aliphatic carbocycles. The molecule has 124 valence electrons. The van der Waals surface area contributed by atoms with Crippen LogP contribution in [0.4, 0.5) is 0 Å².